The van der Waals surface area contributed by atoms with Gasteiger partial charge in [-0.1, -0.05) is 0 Å². The third-order valence-corrected chi connectivity index (χ3v) is 4.34. The van der Waals surface area contributed by atoms with E-state index in [9.17, 15) is 72.2 Å². The Bertz CT molecular complexity index is 771. The molecule has 1 atom stereocenters. The summed E-state index contributed by atoms with van der Waals surface area (Å²) in [5.41, 5.74) is 0. The molecule has 1 unspecified atom stereocenters. The zero-order valence-corrected chi connectivity index (χ0v) is 17.3. The van der Waals surface area contributed by atoms with E-state index in [4.69, 9.17) is 0 Å². The van der Waals surface area contributed by atoms with E-state index in [0.717, 1.165) is 10.6 Å². The van der Waals surface area contributed by atoms with Gasteiger partial charge in [0.2, 0.25) is 0 Å². The van der Waals surface area contributed by atoms with Gasteiger partial charge < -0.3 is 20.5 Å². The largest absolute Gasteiger partial charge is 0.548 e. The molecule has 0 saturated heterocycles. The second-order valence-electron chi connectivity index (χ2n) is 6.39. The fraction of sp³-hybridized carbons (Fsp3) is 0.786. The fourth-order valence-corrected chi connectivity index (χ4v) is 2.16. The van der Waals surface area contributed by atoms with Crippen LogP contribution in [0.3, 0.4) is 0 Å². The lowest BCUT2D eigenvalue weighted by atomic mass is 10.1. The van der Waals surface area contributed by atoms with Gasteiger partial charge in [0.1, 0.15) is 0 Å². The third-order valence-electron chi connectivity index (χ3n) is 3.87. The first-order valence-corrected chi connectivity index (χ1v) is 9.06. The highest BCUT2D eigenvalue weighted by Crippen LogP contribution is 2.49. The first-order valence-electron chi connectivity index (χ1n) is 8.30. The topological polar surface area (TPSA) is 98.3 Å². The van der Waals surface area contributed by atoms with Crippen LogP contribution in [0.1, 0.15) is 19.3 Å². The molecule has 0 radical (unpaired) electrons. The van der Waals surface area contributed by atoms with Gasteiger partial charge in [-0.3, -0.25) is 9.59 Å². The summed E-state index contributed by atoms with van der Waals surface area (Å²) in [6, 6.07) is -2.55. The molecule has 0 aliphatic carbocycles. The van der Waals surface area contributed by atoms with Gasteiger partial charge in [-0.25, -0.2) is 0 Å². The number of aliphatic carboxylic acids is 1. The number of amides is 2. The number of carbonyl (C=O) groups is 3. The monoisotopic (exact) mass is 569 g/mol. The van der Waals surface area contributed by atoms with Crippen LogP contribution < -0.4 is 15.7 Å². The van der Waals surface area contributed by atoms with E-state index >= 15 is 0 Å². The van der Waals surface area contributed by atoms with Crippen molar-refractivity contribution in [2.75, 3.05) is 6.54 Å². The minimum Gasteiger partial charge on any atom is -0.548 e. The molecule has 200 valence electrons. The summed E-state index contributed by atoms with van der Waals surface area (Å²) in [5, 5.41) is 0.925. The number of alkyl halides is 14. The van der Waals surface area contributed by atoms with Crippen LogP contribution in [-0.2, 0) is 14.4 Å². The second-order valence-corrected chi connectivity index (χ2v) is 7.34. The van der Waals surface area contributed by atoms with Crippen molar-refractivity contribution in [3.05, 3.63) is 0 Å². The molecule has 2 amide bonds. The lowest BCUT2D eigenvalue weighted by Crippen LogP contribution is -2.62. The van der Waals surface area contributed by atoms with Crippen LogP contribution in [0.25, 0.3) is 0 Å². The van der Waals surface area contributed by atoms with E-state index in [1.807, 2.05) is 0 Å². The lowest BCUT2D eigenvalue weighted by molar-refractivity contribution is -0.309. The van der Waals surface area contributed by atoms with E-state index in [2.05, 4.69) is 23.2 Å². The highest BCUT2D eigenvalue weighted by atomic mass is 35.5. The predicted molar refractivity (Wildman–Crippen MR) is 85.2 cm³/mol. The number of unbranched alkanes of at least 4 members (excludes halogenated alkanes) is 1. The van der Waals surface area contributed by atoms with Gasteiger partial charge in [-0.15, -0.1) is 0 Å². The molecule has 0 bridgehead atoms. The Kier molecular flexibility index (Phi) is 9.85. The minimum absolute atomic E-state index is 0.656. The number of carboxylic acids is 1. The maximum atomic E-state index is 13.4. The van der Waals surface area contributed by atoms with Crippen molar-refractivity contribution >= 4 is 41.0 Å². The van der Waals surface area contributed by atoms with E-state index in [1.165, 1.54) is 0 Å². The molecule has 6 nitrogen and oxygen atoms in total. The molecule has 0 spiro atoms. The molecule has 0 aliphatic heterocycles. The van der Waals surface area contributed by atoms with E-state index in [-0.39, 0.29) is 0 Å². The number of hydrogen-bond donors (Lipinski definition) is 2. The van der Waals surface area contributed by atoms with Crippen LogP contribution in [0.15, 0.2) is 0 Å². The average Bonchev–Trinajstić information content (AvgIpc) is 2.63. The molecule has 2 N–H and O–H groups in total. The molecule has 0 fully saturated rings. The minimum atomic E-state index is -6.47. The molecule has 34 heavy (non-hydrogen) atoms. The van der Waals surface area contributed by atoms with Crippen LogP contribution in [0.4, 0.5) is 52.7 Å². The summed E-state index contributed by atoms with van der Waals surface area (Å²) in [6.45, 7) is -1.03. The number of nitrogens with one attached hydrogen (secondary N) is 2. The van der Waals surface area contributed by atoms with Crippen molar-refractivity contribution in [3.63, 3.8) is 0 Å². The van der Waals surface area contributed by atoms with Crippen molar-refractivity contribution in [2.45, 2.75) is 59.8 Å². The summed E-state index contributed by atoms with van der Waals surface area (Å²) >= 11 is 7.67. The number of hydrogen-bond acceptors (Lipinski definition) is 4. The standard InChI is InChI=1S/C14H12Cl2F12N2O4/c15-13(25,26)11(21,22)9(17,18)7(33)29-4-2-1-3-5(6(31)32)30-8(34)10(19,20)12(23,24)14(16,27)28/h5H,1-4H2,(H,29,33)(H,30,34)(H,31,32)/p-1. The molecule has 0 saturated carbocycles. The first-order chi connectivity index (χ1) is 14.9. The Labute approximate surface area is 190 Å². The van der Waals surface area contributed by atoms with Gasteiger partial charge in [0.25, 0.3) is 11.8 Å². The summed E-state index contributed by atoms with van der Waals surface area (Å²) in [7, 11) is 0. The molecule has 0 aliphatic rings. The SMILES string of the molecule is O=C([O-])C(CCCCNC(=O)C(F)(F)C(F)(F)C(F)(F)Cl)NC(=O)C(F)(F)C(F)(F)C(F)(F)Cl. The van der Waals surface area contributed by atoms with Gasteiger partial charge in [0.05, 0.1) is 12.0 Å². The van der Waals surface area contributed by atoms with Gasteiger partial charge >= 0.3 is 34.5 Å². The van der Waals surface area contributed by atoms with Crippen LogP contribution >= 0.6 is 23.2 Å². The molecular weight excluding hydrogens is 559 g/mol. The third kappa shape index (κ3) is 6.63. The highest BCUT2D eigenvalue weighted by molar-refractivity contribution is 6.23. The van der Waals surface area contributed by atoms with Crippen molar-refractivity contribution in [3.8, 4) is 0 Å². The maximum absolute atomic E-state index is 13.4. The van der Waals surface area contributed by atoms with E-state index in [0.29, 0.717) is 0 Å². The van der Waals surface area contributed by atoms with Gasteiger partial charge in [0, 0.05) is 6.54 Å². The number of rotatable bonds is 13. The molecule has 0 heterocycles. The first kappa shape index (κ1) is 32.1. The quantitative estimate of drug-likeness (QED) is 0.202. The predicted octanol–water partition coefficient (Wildman–Crippen LogP) is 2.71. The van der Waals surface area contributed by atoms with Crippen LogP contribution in [0, 0.1) is 0 Å². The number of carboxylic acid groups (broad SMARTS) is 1. The summed E-state index contributed by atoms with van der Waals surface area (Å²) in [5.74, 6) is -33.6. The molecule has 20 heteroatoms. The summed E-state index contributed by atoms with van der Waals surface area (Å²) < 4.78 is 155. The molecular formula is C14H11Cl2F12N2O4-. The molecule has 0 rings (SSSR count). The van der Waals surface area contributed by atoms with E-state index in [1.54, 1.807) is 0 Å². The molecule has 0 aromatic carbocycles. The van der Waals surface area contributed by atoms with Crippen molar-refractivity contribution in [2.24, 2.45) is 0 Å². The lowest BCUT2D eigenvalue weighted by Gasteiger charge is -2.30. The van der Waals surface area contributed by atoms with Crippen LogP contribution in [0.5, 0.6) is 0 Å². The smallest absolute Gasteiger partial charge is 0.395 e. The zero-order valence-electron chi connectivity index (χ0n) is 15.8. The molecule has 0 aromatic rings. The Morgan fingerprint density at radius 3 is 1.44 bits per heavy atom. The Balaban J connectivity index is 4.99. The average molecular weight is 570 g/mol. The Morgan fingerprint density at radius 1 is 0.706 bits per heavy atom. The number of halogens is 14. The van der Waals surface area contributed by atoms with E-state index < -0.39 is 84.1 Å². The van der Waals surface area contributed by atoms with Gasteiger partial charge in [-0.05, 0) is 42.5 Å². The fourth-order valence-electron chi connectivity index (χ4n) is 1.93. The van der Waals surface area contributed by atoms with Crippen molar-refractivity contribution < 1.29 is 72.2 Å². The number of carbonyl (C=O) groups excluding carboxylic acids is 3. The Hall–Kier alpha value is -1.85. The summed E-state index contributed by atoms with van der Waals surface area (Å²) in [6.07, 6.45) is -2.34. The van der Waals surface area contributed by atoms with Crippen LogP contribution in [-0.4, -0.2) is 64.8 Å². The van der Waals surface area contributed by atoms with Gasteiger partial charge in [0.15, 0.2) is 0 Å². The van der Waals surface area contributed by atoms with Gasteiger partial charge in [-0.2, -0.15) is 52.7 Å². The van der Waals surface area contributed by atoms with Crippen LogP contribution in [0.2, 0.25) is 0 Å². The van der Waals surface area contributed by atoms with Crippen molar-refractivity contribution in [1.82, 2.24) is 10.6 Å². The van der Waals surface area contributed by atoms with Crippen molar-refractivity contribution in [1.29, 1.82) is 0 Å². The highest BCUT2D eigenvalue weighted by Gasteiger charge is 2.75. The maximum Gasteiger partial charge on any atom is 0.395 e. The molecule has 0 aromatic heterocycles. The normalized spacial score (nSPS) is 15.0. The zero-order chi connectivity index (χ0) is 27.6. The Morgan fingerprint density at radius 2 is 1.09 bits per heavy atom. The summed E-state index contributed by atoms with van der Waals surface area (Å²) in [4.78, 5) is 33.2. The second kappa shape index (κ2) is 10.4.